The molecule has 0 aliphatic carbocycles. The van der Waals surface area contributed by atoms with Gasteiger partial charge in [0.2, 0.25) is 11.8 Å². The number of carbonyl (C=O) groups is 2. The van der Waals surface area contributed by atoms with Gasteiger partial charge >= 0.3 is 0 Å². The molecule has 0 aliphatic rings. The van der Waals surface area contributed by atoms with E-state index in [2.05, 4.69) is 10.6 Å². The summed E-state index contributed by atoms with van der Waals surface area (Å²) in [4.78, 5) is 23.4. The normalized spacial score (nSPS) is 11.0. The third-order valence-electron chi connectivity index (χ3n) is 3.70. The van der Waals surface area contributed by atoms with E-state index in [4.69, 9.17) is 5.73 Å². The number of hydrogen-bond donors (Lipinski definition) is 3. The molecule has 0 saturated heterocycles. The van der Waals surface area contributed by atoms with Gasteiger partial charge in [0, 0.05) is 12.1 Å². The molecule has 1 aromatic carbocycles. The Kier molecular flexibility index (Phi) is 6.88. The second-order valence-electron chi connectivity index (χ2n) is 5.29. The van der Waals surface area contributed by atoms with E-state index in [1.807, 2.05) is 44.2 Å². The number of hydrogen-bond acceptors (Lipinski definition) is 3. The van der Waals surface area contributed by atoms with Crippen LogP contribution in [0.1, 0.15) is 32.3 Å². The van der Waals surface area contributed by atoms with E-state index in [9.17, 15) is 9.59 Å². The summed E-state index contributed by atoms with van der Waals surface area (Å²) in [7, 11) is 0. The fraction of sp³-hybridized carbons (Fsp3) is 0.500. The maximum atomic E-state index is 11.7. The lowest BCUT2D eigenvalue weighted by molar-refractivity contribution is -0.125. The first-order chi connectivity index (χ1) is 9.99. The van der Waals surface area contributed by atoms with Crippen molar-refractivity contribution < 1.29 is 9.59 Å². The van der Waals surface area contributed by atoms with Gasteiger partial charge in [-0.25, -0.2) is 0 Å². The van der Waals surface area contributed by atoms with E-state index in [-0.39, 0.29) is 30.3 Å². The van der Waals surface area contributed by atoms with Gasteiger partial charge in [-0.2, -0.15) is 0 Å². The number of rotatable bonds is 8. The summed E-state index contributed by atoms with van der Waals surface area (Å²) in [5.41, 5.74) is 6.65. The molecule has 0 bridgehead atoms. The fourth-order valence-electron chi connectivity index (χ4n) is 1.86. The average molecular weight is 291 g/mol. The van der Waals surface area contributed by atoms with Gasteiger partial charge in [-0.15, -0.1) is 0 Å². The van der Waals surface area contributed by atoms with Crippen LogP contribution < -0.4 is 16.4 Å². The van der Waals surface area contributed by atoms with Crippen LogP contribution in [0.3, 0.4) is 0 Å². The summed E-state index contributed by atoms with van der Waals surface area (Å²) in [5.74, 6) is -0.380. The third kappa shape index (κ3) is 6.40. The van der Waals surface area contributed by atoms with Crippen LogP contribution in [0.25, 0.3) is 0 Å². The first-order valence-corrected chi connectivity index (χ1v) is 7.35. The zero-order chi connectivity index (χ0) is 15.7. The number of benzene rings is 1. The van der Waals surface area contributed by atoms with Gasteiger partial charge in [0.25, 0.3) is 0 Å². The zero-order valence-electron chi connectivity index (χ0n) is 12.8. The van der Waals surface area contributed by atoms with Gasteiger partial charge in [-0.1, -0.05) is 44.2 Å². The van der Waals surface area contributed by atoms with Crippen LogP contribution in [-0.4, -0.2) is 30.4 Å². The van der Waals surface area contributed by atoms with E-state index in [1.54, 1.807) is 0 Å². The van der Waals surface area contributed by atoms with Crippen LogP contribution in [-0.2, 0) is 16.0 Å². The van der Waals surface area contributed by atoms with Crippen molar-refractivity contribution in [1.29, 1.82) is 0 Å². The molecule has 2 amide bonds. The van der Waals surface area contributed by atoms with Gasteiger partial charge in [0.15, 0.2) is 0 Å². The zero-order valence-corrected chi connectivity index (χ0v) is 12.8. The van der Waals surface area contributed by atoms with Crippen LogP contribution in [0.4, 0.5) is 0 Å². The molecule has 0 heterocycles. The lowest BCUT2D eigenvalue weighted by Crippen LogP contribution is -2.50. The molecule has 1 rings (SSSR count). The molecular weight excluding hydrogens is 266 g/mol. The van der Waals surface area contributed by atoms with Gasteiger partial charge < -0.3 is 16.4 Å². The molecule has 0 unspecified atom stereocenters. The molecule has 0 atom stereocenters. The lowest BCUT2D eigenvalue weighted by atomic mass is 9.94. The molecule has 5 nitrogen and oxygen atoms in total. The highest BCUT2D eigenvalue weighted by molar-refractivity contribution is 5.85. The summed E-state index contributed by atoms with van der Waals surface area (Å²) >= 11 is 0. The van der Waals surface area contributed by atoms with Crippen molar-refractivity contribution in [2.24, 2.45) is 5.73 Å². The first kappa shape index (κ1) is 17.2. The van der Waals surface area contributed by atoms with Crippen molar-refractivity contribution >= 4 is 11.8 Å². The van der Waals surface area contributed by atoms with Gasteiger partial charge in [-0.3, -0.25) is 9.59 Å². The Morgan fingerprint density at radius 3 is 2.24 bits per heavy atom. The summed E-state index contributed by atoms with van der Waals surface area (Å²) in [6.07, 6.45) is 1.87. The lowest BCUT2D eigenvalue weighted by Gasteiger charge is -2.26. The number of nitrogens with one attached hydrogen (secondary N) is 2. The van der Waals surface area contributed by atoms with E-state index >= 15 is 0 Å². The van der Waals surface area contributed by atoms with Crippen molar-refractivity contribution in [3.8, 4) is 0 Å². The molecular formula is C16H25N3O2. The molecule has 116 valence electrons. The summed E-state index contributed by atoms with van der Waals surface area (Å²) in [6, 6.07) is 9.42. The average Bonchev–Trinajstić information content (AvgIpc) is 2.51. The highest BCUT2D eigenvalue weighted by Gasteiger charge is 2.20. The summed E-state index contributed by atoms with van der Waals surface area (Å²) in [6.45, 7) is 4.40. The van der Waals surface area contributed by atoms with Crippen molar-refractivity contribution in [3.63, 3.8) is 0 Å². The van der Waals surface area contributed by atoms with Crippen LogP contribution >= 0.6 is 0 Å². The Labute approximate surface area is 126 Å². The van der Waals surface area contributed by atoms with Crippen LogP contribution in [0.5, 0.6) is 0 Å². The fourth-order valence-corrected chi connectivity index (χ4v) is 1.86. The molecule has 0 fully saturated rings. The number of carbonyl (C=O) groups excluding carboxylic acids is 2. The maximum absolute atomic E-state index is 11.7. The predicted octanol–water partition coefficient (Wildman–Crippen LogP) is 0.979. The van der Waals surface area contributed by atoms with Gasteiger partial charge in [0.05, 0.1) is 13.0 Å². The molecule has 0 saturated carbocycles. The highest BCUT2D eigenvalue weighted by Crippen LogP contribution is 2.08. The van der Waals surface area contributed by atoms with Gasteiger partial charge in [0.1, 0.15) is 0 Å². The summed E-state index contributed by atoms with van der Waals surface area (Å²) in [5, 5.41) is 5.38. The van der Waals surface area contributed by atoms with Crippen LogP contribution in [0.2, 0.25) is 0 Å². The molecule has 0 radical (unpaired) electrons. The Morgan fingerprint density at radius 1 is 1.05 bits per heavy atom. The second-order valence-corrected chi connectivity index (χ2v) is 5.29. The summed E-state index contributed by atoms with van der Waals surface area (Å²) < 4.78 is 0. The minimum Gasteiger partial charge on any atom is -0.353 e. The van der Waals surface area contributed by atoms with Crippen molar-refractivity contribution in [3.05, 3.63) is 35.9 Å². The van der Waals surface area contributed by atoms with E-state index in [0.29, 0.717) is 6.54 Å². The molecule has 4 N–H and O–H groups in total. The predicted molar refractivity (Wildman–Crippen MR) is 83.7 cm³/mol. The Hall–Kier alpha value is -1.88. The first-order valence-electron chi connectivity index (χ1n) is 7.35. The highest BCUT2D eigenvalue weighted by atomic mass is 16.2. The minimum absolute atomic E-state index is 0.0187. The molecule has 0 aliphatic heterocycles. The number of nitrogens with two attached hydrogens (primary N) is 1. The Morgan fingerprint density at radius 2 is 1.67 bits per heavy atom. The van der Waals surface area contributed by atoms with Crippen molar-refractivity contribution in [1.82, 2.24) is 10.6 Å². The minimum atomic E-state index is -0.371. The van der Waals surface area contributed by atoms with Crippen molar-refractivity contribution in [2.75, 3.05) is 13.1 Å². The quantitative estimate of drug-likeness (QED) is 0.667. The SMILES string of the molecule is CCC(N)(CC)CNC(=O)CNC(=O)Cc1ccccc1. The topological polar surface area (TPSA) is 84.2 Å². The number of amides is 2. The molecule has 5 heteroatoms. The van der Waals surface area contributed by atoms with Gasteiger partial charge in [-0.05, 0) is 18.4 Å². The van der Waals surface area contributed by atoms with E-state index in [0.717, 1.165) is 18.4 Å². The Balaban J connectivity index is 2.28. The Bertz CT molecular complexity index is 456. The van der Waals surface area contributed by atoms with E-state index in [1.165, 1.54) is 0 Å². The molecule has 1 aromatic rings. The smallest absolute Gasteiger partial charge is 0.239 e. The van der Waals surface area contributed by atoms with Crippen LogP contribution in [0.15, 0.2) is 30.3 Å². The second kappa shape index (κ2) is 8.42. The maximum Gasteiger partial charge on any atom is 0.239 e. The standard InChI is InChI=1S/C16H25N3O2/c1-3-16(17,4-2)12-19-15(21)11-18-14(20)10-13-8-6-5-7-9-13/h5-9H,3-4,10-12,17H2,1-2H3,(H,18,20)(H,19,21). The van der Waals surface area contributed by atoms with Crippen molar-refractivity contribution in [2.45, 2.75) is 38.6 Å². The monoisotopic (exact) mass is 291 g/mol. The largest absolute Gasteiger partial charge is 0.353 e. The van der Waals surface area contributed by atoms with E-state index < -0.39 is 0 Å². The van der Waals surface area contributed by atoms with Crippen LogP contribution in [0, 0.1) is 0 Å². The molecule has 0 aromatic heterocycles. The molecule has 0 spiro atoms. The third-order valence-corrected chi connectivity index (χ3v) is 3.70. The molecule has 21 heavy (non-hydrogen) atoms.